The van der Waals surface area contributed by atoms with Crippen molar-refractivity contribution in [2.24, 2.45) is 0 Å². The van der Waals surface area contributed by atoms with Crippen LogP contribution in [0.5, 0.6) is 0 Å². The minimum atomic E-state index is 0. The van der Waals surface area contributed by atoms with Crippen molar-refractivity contribution in [1.82, 2.24) is 0 Å². The van der Waals surface area contributed by atoms with Crippen molar-refractivity contribution < 1.29 is 26.8 Å². The Morgan fingerprint density at radius 3 is 2.00 bits per heavy atom. The molecule has 0 bridgehead atoms. The quantitative estimate of drug-likeness (QED) is 0.373. The summed E-state index contributed by atoms with van der Waals surface area (Å²) in [4.78, 5) is 0. The zero-order valence-electron chi connectivity index (χ0n) is 2.94. The minimum Gasteiger partial charge on any atom is -0.392 e. The van der Waals surface area contributed by atoms with Gasteiger partial charge < -0.3 is 5.11 Å². The van der Waals surface area contributed by atoms with E-state index in [2.05, 4.69) is 6.58 Å². The van der Waals surface area contributed by atoms with Gasteiger partial charge >= 0.3 is 0 Å². The first-order valence-electron chi connectivity index (χ1n) is 1.13. The molecule has 0 spiro atoms. The average Bonchev–Trinajstić information content (AvgIpc) is 1.37. The van der Waals surface area contributed by atoms with Crippen molar-refractivity contribution in [2.45, 2.75) is 0 Å². The summed E-state index contributed by atoms with van der Waals surface area (Å²) < 4.78 is 0. The number of hydrogen-bond donors (Lipinski definition) is 1. The molecule has 0 aromatic heterocycles. The zero-order valence-corrected chi connectivity index (χ0v) is 4.50. The van der Waals surface area contributed by atoms with Crippen LogP contribution in [0.3, 0.4) is 0 Å². The standard InChI is InChI=1S/C3H6O.Ti/c1-2-3-4;/h2,4H,1,3H2;. The van der Waals surface area contributed by atoms with Gasteiger partial charge in [-0.25, -0.2) is 0 Å². The summed E-state index contributed by atoms with van der Waals surface area (Å²) in [6, 6.07) is 0. The van der Waals surface area contributed by atoms with Crippen molar-refractivity contribution in [2.75, 3.05) is 6.61 Å². The van der Waals surface area contributed by atoms with Crippen LogP contribution in [0.2, 0.25) is 0 Å². The monoisotopic (exact) mass is 106 g/mol. The molecule has 0 atom stereocenters. The first kappa shape index (κ1) is 9.05. The van der Waals surface area contributed by atoms with Gasteiger partial charge in [-0.1, -0.05) is 6.08 Å². The molecule has 0 saturated heterocycles. The van der Waals surface area contributed by atoms with Crippen molar-refractivity contribution in [1.29, 1.82) is 0 Å². The first-order valence-corrected chi connectivity index (χ1v) is 1.13. The van der Waals surface area contributed by atoms with Crippen LogP contribution in [0.1, 0.15) is 0 Å². The van der Waals surface area contributed by atoms with Gasteiger partial charge in [0.25, 0.3) is 0 Å². The van der Waals surface area contributed by atoms with Crippen molar-refractivity contribution >= 4 is 0 Å². The Balaban J connectivity index is 0. The fourth-order valence-corrected chi connectivity index (χ4v) is 0. The molecule has 28 valence electrons. The SMILES string of the molecule is C=CCO.[Ti]. The van der Waals surface area contributed by atoms with Gasteiger partial charge in [0.05, 0.1) is 6.61 Å². The van der Waals surface area contributed by atoms with Gasteiger partial charge in [0.2, 0.25) is 0 Å². The molecule has 0 unspecified atom stereocenters. The summed E-state index contributed by atoms with van der Waals surface area (Å²) in [5.41, 5.74) is 0. The van der Waals surface area contributed by atoms with E-state index >= 15 is 0 Å². The second kappa shape index (κ2) is 8.83. The van der Waals surface area contributed by atoms with E-state index in [0.717, 1.165) is 0 Å². The second-order valence-corrected chi connectivity index (χ2v) is 0.471. The predicted octanol–water partition coefficient (Wildman–Crippen LogP) is 0.162. The molecule has 0 rings (SSSR count). The van der Waals surface area contributed by atoms with Crippen molar-refractivity contribution in [3.05, 3.63) is 12.7 Å². The molecule has 0 aromatic rings. The Labute approximate surface area is 46.6 Å². The molecule has 5 heavy (non-hydrogen) atoms. The first-order chi connectivity index (χ1) is 1.91. The molecule has 0 fully saturated rings. The van der Waals surface area contributed by atoms with Crippen LogP contribution >= 0.6 is 0 Å². The molecule has 0 heterocycles. The minimum absolute atomic E-state index is 0. The predicted molar refractivity (Wildman–Crippen MR) is 17.3 cm³/mol. The number of aliphatic hydroxyl groups excluding tert-OH is 1. The normalized spacial score (nSPS) is 5.00. The average molecular weight is 106 g/mol. The summed E-state index contributed by atoms with van der Waals surface area (Å²) in [7, 11) is 0. The molecule has 0 aliphatic heterocycles. The largest absolute Gasteiger partial charge is 0.392 e. The van der Waals surface area contributed by atoms with E-state index in [-0.39, 0.29) is 28.3 Å². The summed E-state index contributed by atoms with van der Waals surface area (Å²) in [5.74, 6) is 0. The van der Waals surface area contributed by atoms with E-state index in [4.69, 9.17) is 5.11 Å². The van der Waals surface area contributed by atoms with Crippen LogP contribution in [-0.2, 0) is 21.7 Å². The van der Waals surface area contributed by atoms with E-state index in [1.807, 2.05) is 0 Å². The topological polar surface area (TPSA) is 20.2 Å². The van der Waals surface area contributed by atoms with E-state index < -0.39 is 0 Å². The van der Waals surface area contributed by atoms with Crippen LogP contribution in [0.15, 0.2) is 12.7 Å². The second-order valence-electron chi connectivity index (χ2n) is 0.471. The summed E-state index contributed by atoms with van der Waals surface area (Å²) in [6.07, 6.45) is 1.43. The zero-order chi connectivity index (χ0) is 3.41. The van der Waals surface area contributed by atoms with Gasteiger partial charge in [0.1, 0.15) is 0 Å². The Kier molecular flexibility index (Phi) is 16.0. The fourth-order valence-electron chi connectivity index (χ4n) is 0. The van der Waals surface area contributed by atoms with Crippen molar-refractivity contribution in [3.63, 3.8) is 0 Å². The molecule has 1 nitrogen and oxygen atoms in total. The number of aliphatic hydroxyl groups is 1. The third kappa shape index (κ3) is 12.9. The summed E-state index contributed by atoms with van der Waals surface area (Å²) in [6.45, 7) is 3.31. The smallest absolute Gasteiger partial charge is 0.0609 e. The van der Waals surface area contributed by atoms with Gasteiger partial charge in [0.15, 0.2) is 0 Å². The third-order valence-electron chi connectivity index (χ3n) is 0.129. The van der Waals surface area contributed by atoms with Crippen LogP contribution in [0, 0.1) is 0 Å². The van der Waals surface area contributed by atoms with Crippen molar-refractivity contribution in [3.8, 4) is 0 Å². The van der Waals surface area contributed by atoms with Crippen LogP contribution in [-0.4, -0.2) is 11.7 Å². The fraction of sp³-hybridized carbons (Fsp3) is 0.333. The Hall–Kier alpha value is 0.414. The molecule has 0 amide bonds. The van der Waals surface area contributed by atoms with E-state index in [9.17, 15) is 0 Å². The molecule has 0 aromatic carbocycles. The van der Waals surface area contributed by atoms with E-state index in [1.165, 1.54) is 6.08 Å². The van der Waals surface area contributed by atoms with Gasteiger partial charge in [-0.3, -0.25) is 0 Å². The maximum absolute atomic E-state index is 7.76. The number of rotatable bonds is 1. The molecular formula is C3H6OTi. The van der Waals surface area contributed by atoms with Gasteiger partial charge in [-0.2, -0.15) is 0 Å². The molecule has 0 radical (unpaired) electrons. The van der Waals surface area contributed by atoms with Gasteiger partial charge in [0, 0.05) is 21.7 Å². The summed E-state index contributed by atoms with van der Waals surface area (Å²) in [5, 5.41) is 7.76. The molecule has 1 N–H and O–H groups in total. The van der Waals surface area contributed by atoms with E-state index in [1.54, 1.807) is 0 Å². The van der Waals surface area contributed by atoms with Crippen LogP contribution in [0.4, 0.5) is 0 Å². The van der Waals surface area contributed by atoms with Gasteiger partial charge in [-0.05, 0) is 0 Å². The molecular weight excluding hydrogens is 99.9 g/mol. The Morgan fingerprint density at radius 2 is 2.00 bits per heavy atom. The summed E-state index contributed by atoms with van der Waals surface area (Å²) >= 11 is 0. The molecule has 0 aliphatic carbocycles. The van der Waals surface area contributed by atoms with Crippen LogP contribution < -0.4 is 0 Å². The maximum atomic E-state index is 7.76. The molecule has 0 aliphatic rings. The molecule has 0 saturated carbocycles. The molecule has 2 heteroatoms. The van der Waals surface area contributed by atoms with Crippen LogP contribution in [0.25, 0.3) is 0 Å². The maximum Gasteiger partial charge on any atom is 0.0609 e. The van der Waals surface area contributed by atoms with E-state index in [0.29, 0.717) is 0 Å². The Morgan fingerprint density at radius 1 is 1.80 bits per heavy atom. The Bertz CT molecular complexity index is 20.9. The number of hydrogen-bond acceptors (Lipinski definition) is 1. The third-order valence-corrected chi connectivity index (χ3v) is 0.129. The van der Waals surface area contributed by atoms with Gasteiger partial charge in [-0.15, -0.1) is 6.58 Å².